The van der Waals surface area contributed by atoms with Crippen molar-refractivity contribution in [3.63, 3.8) is 0 Å². The average Bonchev–Trinajstić information content (AvgIpc) is 3.61. The Morgan fingerprint density at radius 3 is 2.81 bits per heavy atom. The Morgan fingerprint density at radius 1 is 1.29 bits per heavy atom. The number of benzene rings is 1. The van der Waals surface area contributed by atoms with Gasteiger partial charge in [-0.3, -0.25) is 4.98 Å². The van der Waals surface area contributed by atoms with Gasteiger partial charge < -0.3 is 14.2 Å². The molecule has 6 heteroatoms. The van der Waals surface area contributed by atoms with Crippen molar-refractivity contribution in [1.82, 2.24) is 9.97 Å². The van der Waals surface area contributed by atoms with Crippen LogP contribution in [-0.4, -0.2) is 41.9 Å². The summed E-state index contributed by atoms with van der Waals surface area (Å²) in [6.07, 6.45) is 7.21. The van der Waals surface area contributed by atoms with Gasteiger partial charge in [-0.25, -0.2) is 9.78 Å². The molecular formula is C25H30N2O4. The summed E-state index contributed by atoms with van der Waals surface area (Å²) < 4.78 is 17.0. The SMILES string of the molecule is CCOc1c(Cc2ncc(C3CC3)nc2C(=O)OC(C)C)cccc1C1=CCOCC1. The number of ether oxygens (including phenoxy) is 3. The van der Waals surface area contributed by atoms with Crippen LogP contribution in [0.15, 0.2) is 30.5 Å². The average molecular weight is 423 g/mol. The van der Waals surface area contributed by atoms with E-state index in [1.54, 1.807) is 0 Å². The summed E-state index contributed by atoms with van der Waals surface area (Å²) in [7, 11) is 0. The van der Waals surface area contributed by atoms with Crippen LogP contribution in [0.2, 0.25) is 0 Å². The van der Waals surface area contributed by atoms with E-state index in [4.69, 9.17) is 14.2 Å². The first-order valence-electron chi connectivity index (χ1n) is 11.2. The topological polar surface area (TPSA) is 70.5 Å². The molecule has 1 aromatic heterocycles. The molecule has 1 aromatic carbocycles. The van der Waals surface area contributed by atoms with E-state index >= 15 is 0 Å². The number of aromatic nitrogens is 2. The highest BCUT2D eigenvalue weighted by Crippen LogP contribution is 2.39. The molecule has 1 saturated carbocycles. The Labute approximate surface area is 183 Å². The third-order valence-corrected chi connectivity index (χ3v) is 5.45. The number of hydrogen-bond donors (Lipinski definition) is 0. The van der Waals surface area contributed by atoms with Gasteiger partial charge in [0.05, 0.1) is 37.3 Å². The molecule has 164 valence electrons. The van der Waals surface area contributed by atoms with E-state index < -0.39 is 5.97 Å². The molecule has 2 heterocycles. The van der Waals surface area contributed by atoms with Gasteiger partial charge in [-0.2, -0.15) is 0 Å². The summed E-state index contributed by atoms with van der Waals surface area (Å²) in [5.74, 6) is 0.838. The van der Waals surface area contributed by atoms with Crippen LogP contribution in [-0.2, 0) is 15.9 Å². The molecule has 6 nitrogen and oxygen atoms in total. The predicted octanol–water partition coefficient (Wildman–Crippen LogP) is 4.71. The zero-order chi connectivity index (χ0) is 21.8. The summed E-state index contributed by atoms with van der Waals surface area (Å²) in [6.45, 7) is 7.55. The highest BCUT2D eigenvalue weighted by atomic mass is 16.5. The van der Waals surface area contributed by atoms with Gasteiger partial charge in [0.2, 0.25) is 0 Å². The third kappa shape index (κ3) is 5.13. The molecule has 0 bridgehead atoms. The highest BCUT2D eigenvalue weighted by Gasteiger charge is 2.28. The van der Waals surface area contributed by atoms with Crippen LogP contribution in [0.25, 0.3) is 5.57 Å². The van der Waals surface area contributed by atoms with Crippen LogP contribution in [0.5, 0.6) is 5.75 Å². The molecule has 0 atom stereocenters. The van der Waals surface area contributed by atoms with Crippen LogP contribution in [0.3, 0.4) is 0 Å². The number of carbonyl (C=O) groups is 1. The molecule has 0 amide bonds. The predicted molar refractivity (Wildman–Crippen MR) is 118 cm³/mol. The van der Waals surface area contributed by atoms with Gasteiger partial charge in [0, 0.05) is 29.7 Å². The van der Waals surface area contributed by atoms with Crippen LogP contribution in [0, 0.1) is 0 Å². The Hall–Kier alpha value is -2.73. The maximum atomic E-state index is 12.8. The van der Waals surface area contributed by atoms with Crippen molar-refractivity contribution in [3.05, 3.63) is 58.7 Å². The van der Waals surface area contributed by atoms with Gasteiger partial charge in [0.1, 0.15) is 5.75 Å². The van der Waals surface area contributed by atoms with Crippen molar-refractivity contribution in [3.8, 4) is 5.75 Å². The molecule has 2 aliphatic rings. The summed E-state index contributed by atoms with van der Waals surface area (Å²) in [4.78, 5) is 22.1. The number of carbonyl (C=O) groups excluding carboxylic acids is 1. The van der Waals surface area contributed by atoms with Crippen LogP contribution < -0.4 is 4.74 Å². The van der Waals surface area contributed by atoms with E-state index in [9.17, 15) is 4.79 Å². The molecule has 31 heavy (non-hydrogen) atoms. The zero-order valence-electron chi connectivity index (χ0n) is 18.5. The maximum absolute atomic E-state index is 12.8. The normalized spacial score (nSPS) is 16.2. The Morgan fingerprint density at radius 2 is 2.13 bits per heavy atom. The maximum Gasteiger partial charge on any atom is 0.359 e. The van der Waals surface area contributed by atoms with Gasteiger partial charge in [0.15, 0.2) is 5.69 Å². The lowest BCUT2D eigenvalue weighted by Gasteiger charge is -2.20. The molecule has 1 aliphatic heterocycles. The highest BCUT2D eigenvalue weighted by molar-refractivity contribution is 5.88. The van der Waals surface area contributed by atoms with Gasteiger partial charge in [-0.1, -0.05) is 24.3 Å². The Kier molecular flexibility index (Phi) is 6.66. The lowest BCUT2D eigenvalue weighted by molar-refractivity contribution is 0.0368. The zero-order valence-corrected chi connectivity index (χ0v) is 18.5. The molecule has 1 aliphatic carbocycles. The Balaban J connectivity index is 1.71. The number of nitrogens with zero attached hydrogens (tertiary/aromatic N) is 2. The monoisotopic (exact) mass is 422 g/mol. The largest absolute Gasteiger partial charge is 0.493 e. The molecular weight excluding hydrogens is 392 g/mol. The van der Waals surface area contributed by atoms with E-state index in [0.717, 1.165) is 41.8 Å². The fourth-order valence-electron chi connectivity index (χ4n) is 3.81. The third-order valence-electron chi connectivity index (χ3n) is 5.45. The Bertz CT molecular complexity index is 979. The van der Waals surface area contributed by atoms with Gasteiger partial charge in [-0.05, 0) is 45.6 Å². The summed E-state index contributed by atoms with van der Waals surface area (Å²) >= 11 is 0. The number of hydrogen-bond acceptors (Lipinski definition) is 6. The lowest BCUT2D eigenvalue weighted by Crippen LogP contribution is -2.17. The molecule has 0 N–H and O–H groups in total. The van der Waals surface area contributed by atoms with E-state index in [1.165, 1.54) is 5.57 Å². The molecule has 0 saturated heterocycles. The van der Waals surface area contributed by atoms with E-state index in [-0.39, 0.29) is 6.10 Å². The second kappa shape index (κ2) is 9.60. The minimum absolute atomic E-state index is 0.213. The van der Waals surface area contributed by atoms with Crippen molar-refractivity contribution in [2.45, 2.75) is 58.5 Å². The first-order valence-corrected chi connectivity index (χ1v) is 11.2. The first kappa shape index (κ1) is 21.5. The van der Waals surface area contributed by atoms with Crippen LogP contribution >= 0.6 is 0 Å². The van der Waals surface area contributed by atoms with Crippen molar-refractivity contribution in [2.24, 2.45) is 0 Å². The van der Waals surface area contributed by atoms with Crippen LogP contribution in [0.4, 0.5) is 0 Å². The molecule has 0 unspecified atom stereocenters. The number of rotatable bonds is 8. The summed E-state index contributed by atoms with van der Waals surface area (Å²) in [6, 6.07) is 6.14. The first-order chi connectivity index (χ1) is 15.1. The fourth-order valence-corrected chi connectivity index (χ4v) is 3.81. The minimum atomic E-state index is -0.416. The van der Waals surface area contributed by atoms with Gasteiger partial charge in [-0.15, -0.1) is 0 Å². The number of para-hydroxylation sites is 1. The molecule has 4 rings (SSSR count). The van der Waals surface area contributed by atoms with Crippen molar-refractivity contribution in [2.75, 3.05) is 19.8 Å². The smallest absolute Gasteiger partial charge is 0.359 e. The van der Waals surface area contributed by atoms with E-state index in [0.29, 0.717) is 43.5 Å². The van der Waals surface area contributed by atoms with Crippen LogP contribution in [0.1, 0.15) is 79.0 Å². The quantitative estimate of drug-likeness (QED) is 0.574. The van der Waals surface area contributed by atoms with Crippen molar-refractivity contribution in [1.29, 1.82) is 0 Å². The van der Waals surface area contributed by atoms with Crippen molar-refractivity contribution < 1.29 is 19.0 Å². The van der Waals surface area contributed by atoms with Crippen molar-refractivity contribution >= 4 is 11.5 Å². The standard InChI is InChI=1S/C25H30N2O4/c1-4-30-24-19(6-5-7-20(24)17-10-12-29-13-11-17)14-21-23(25(28)31-16(2)3)27-22(15-26-21)18-8-9-18/h5-7,10,15-16,18H,4,8-9,11-14H2,1-3H3. The lowest BCUT2D eigenvalue weighted by atomic mass is 9.96. The molecule has 0 spiro atoms. The fraction of sp³-hybridized carbons (Fsp3) is 0.480. The van der Waals surface area contributed by atoms with E-state index in [2.05, 4.69) is 22.1 Å². The van der Waals surface area contributed by atoms with Gasteiger partial charge in [0.25, 0.3) is 0 Å². The molecule has 2 aromatic rings. The molecule has 0 radical (unpaired) electrons. The molecule has 1 fully saturated rings. The second-order valence-electron chi connectivity index (χ2n) is 8.28. The van der Waals surface area contributed by atoms with E-state index in [1.807, 2.05) is 39.1 Å². The summed E-state index contributed by atoms with van der Waals surface area (Å²) in [5.41, 5.74) is 5.11. The number of esters is 1. The minimum Gasteiger partial charge on any atom is -0.493 e. The second-order valence-corrected chi connectivity index (χ2v) is 8.28. The van der Waals surface area contributed by atoms with Gasteiger partial charge >= 0.3 is 5.97 Å². The summed E-state index contributed by atoms with van der Waals surface area (Å²) in [5, 5.41) is 0.